The zero-order valence-electron chi connectivity index (χ0n) is 25.9. The molecule has 0 aliphatic heterocycles. The van der Waals surface area contributed by atoms with Gasteiger partial charge in [-0.3, -0.25) is 14.4 Å². The van der Waals surface area contributed by atoms with Crippen molar-refractivity contribution in [3.05, 3.63) is 12.2 Å². The number of hydrogen-bond donors (Lipinski definition) is 1. The lowest BCUT2D eigenvalue weighted by atomic mass is 9.32. The molecule has 0 saturated heterocycles. The number of carboxylic acid groups (broad SMARTS) is 1. The second-order valence-corrected chi connectivity index (χ2v) is 15.6. The van der Waals surface area contributed by atoms with Crippen LogP contribution in [0.15, 0.2) is 12.2 Å². The molecule has 5 aliphatic carbocycles. The van der Waals surface area contributed by atoms with E-state index in [-0.39, 0.29) is 52.7 Å². The number of allylic oxidation sites excluding steroid dienone is 1. The third-order valence-corrected chi connectivity index (χ3v) is 14.1. The van der Waals surface area contributed by atoms with Crippen LogP contribution in [0, 0.1) is 56.7 Å². The van der Waals surface area contributed by atoms with E-state index in [2.05, 4.69) is 41.2 Å². The van der Waals surface area contributed by atoms with Gasteiger partial charge in [0.05, 0.1) is 5.41 Å². The monoisotopic (exact) mass is 556 g/mol. The summed E-state index contributed by atoms with van der Waals surface area (Å²) in [5.74, 6) is 0.436. The highest BCUT2D eigenvalue weighted by Crippen LogP contribution is 2.77. The summed E-state index contributed by atoms with van der Waals surface area (Å²) < 4.78 is 11.6. The van der Waals surface area contributed by atoms with Crippen LogP contribution in [0.5, 0.6) is 0 Å². The van der Waals surface area contributed by atoms with Gasteiger partial charge in [-0.1, -0.05) is 39.8 Å². The van der Waals surface area contributed by atoms with Crippen molar-refractivity contribution >= 4 is 17.9 Å². The van der Waals surface area contributed by atoms with Crippen LogP contribution < -0.4 is 0 Å². The van der Waals surface area contributed by atoms with Crippen molar-refractivity contribution in [1.29, 1.82) is 0 Å². The summed E-state index contributed by atoms with van der Waals surface area (Å²) in [5, 5.41) is 10.6. The SMILES string of the molecule is C=C(C)[C@@H]1CC[C@]2(C(=O)O)CC[C@]3(C)C(CCC4[C@@]5(C)CC[C@H](OC(C)=O)[C@@](C)(COC(C)=O)C5CC[C@]43C)C12. The molecule has 5 aliphatic rings. The molecule has 0 heterocycles. The number of carboxylic acids is 1. The first-order chi connectivity index (χ1) is 18.6. The van der Waals surface area contributed by atoms with Crippen LogP contribution in [-0.4, -0.2) is 35.7 Å². The van der Waals surface area contributed by atoms with E-state index in [1.165, 1.54) is 13.8 Å². The Bertz CT molecular complexity index is 1100. The molecule has 1 N–H and O–H groups in total. The Labute approximate surface area is 241 Å². The highest BCUT2D eigenvalue weighted by Gasteiger charge is 2.72. The minimum atomic E-state index is -0.608. The maximum atomic E-state index is 12.9. The average molecular weight is 557 g/mol. The number of carbonyl (C=O) groups excluding carboxylic acids is 2. The molecule has 0 amide bonds. The number of ether oxygens (including phenoxy) is 2. The summed E-state index contributed by atoms with van der Waals surface area (Å²) >= 11 is 0. The van der Waals surface area contributed by atoms with Crippen molar-refractivity contribution in [3.8, 4) is 0 Å². The van der Waals surface area contributed by atoms with E-state index >= 15 is 0 Å². The van der Waals surface area contributed by atoms with Crippen LogP contribution in [0.2, 0.25) is 0 Å². The smallest absolute Gasteiger partial charge is 0.309 e. The molecule has 5 rings (SSSR count). The summed E-state index contributed by atoms with van der Waals surface area (Å²) in [6.45, 7) is 19.4. The molecule has 224 valence electrons. The van der Waals surface area contributed by atoms with Crippen LogP contribution in [0.3, 0.4) is 0 Å². The maximum Gasteiger partial charge on any atom is 0.309 e. The molecule has 0 aromatic carbocycles. The van der Waals surface area contributed by atoms with E-state index in [0.29, 0.717) is 17.8 Å². The van der Waals surface area contributed by atoms with Crippen molar-refractivity contribution in [1.82, 2.24) is 0 Å². The fourth-order valence-electron chi connectivity index (χ4n) is 12.2. The zero-order valence-corrected chi connectivity index (χ0v) is 25.9. The molecule has 6 nitrogen and oxygen atoms in total. The van der Waals surface area contributed by atoms with Crippen molar-refractivity contribution in [2.75, 3.05) is 6.61 Å². The number of hydrogen-bond acceptors (Lipinski definition) is 5. The number of esters is 2. The van der Waals surface area contributed by atoms with Crippen LogP contribution in [0.1, 0.15) is 113 Å². The molecule has 0 bridgehead atoms. The van der Waals surface area contributed by atoms with Gasteiger partial charge in [0.2, 0.25) is 0 Å². The molecule has 0 radical (unpaired) electrons. The van der Waals surface area contributed by atoms with Gasteiger partial charge >= 0.3 is 17.9 Å². The van der Waals surface area contributed by atoms with Crippen molar-refractivity contribution < 1.29 is 29.0 Å². The summed E-state index contributed by atoms with van der Waals surface area (Å²) in [6.07, 6.45) is 9.20. The molecule has 0 aromatic rings. The van der Waals surface area contributed by atoms with Gasteiger partial charge in [-0.15, -0.1) is 0 Å². The van der Waals surface area contributed by atoms with Crippen LogP contribution in [-0.2, 0) is 23.9 Å². The van der Waals surface area contributed by atoms with Gasteiger partial charge in [0.25, 0.3) is 0 Å². The van der Waals surface area contributed by atoms with Crippen LogP contribution >= 0.6 is 0 Å². The molecule has 0 spiro atoms. The van der Waals surface area contributed by atoms with Crippen LogP contribution in [0.4, 0.5) is 0 Å². The third-order valence-electron chi connectivity index (χ3n) is 14.1. The Morgan fingerprint density at radius 3 is 2.10 bits per heavy atom. The highest BCUT2D eigenvalue weighted by atomic mass is 16.6. The first-order valence-electron chi connectivity index (χ1n) is 15.8. The molecule has 4 unspecified atom stereocenters. The highest BCUT2D eigenvalue weighted by molar-refractivity contribution is 5.76. The molecule has 5 saturated carbocycles. The predicted molar refractivity (Wildman–Crippen MR) is 153 cm³/mol. The number of carbonyl (C=O) groups is 3. The normalized spacial score (nSPS) is 49.5. The molecule has 0 aromatic heterocycles. The van der Waals surface area contributed by atoms with Crippen molar-refractivity contribution in [3.63, 3.8) is 0 Å². The average Bonchev–Trinajstić information content (AvgIpc) is 3.26. The Morgan fingerprint density at radius 1 is 0.800 bits per heavy atom. The van der Waals surface area contributed by atoms with E-state index in [9.17, 15) is 19.5 Å². The minimum Gasteiger partial charge on any atom is -0.481 e. The summed E-state index contributed by atoms with van der Waals surface area (Å²) in [4.78, 5) is 36.9. The molecular weight excluding hydrogens is 504 g/mol. The first kappa shape index (κ1) is 29.6. The Hall–Kier alpha value is -1.85. The van der Waals surface area contributed by atoms with E-state index in [4.69, 9.17) is 9.47 Å². The third kappa shape index (κ3) is 3.89. The van der Waals surface area contributed by atoms with Gasteiger partial charge in [-0.25, -0.2) is 0 Å². The molecule has 40 heavy (non-hydrogen) atoms. The van der Waals surface area contributed by atoms with E-state index in [1.54, 1.807) is 0 Å². The summed E-state index contributed by atoms with van der Waals surface area (Å²) in [6, 6.07) is 0. The summed E-state index contributed by atoms with van der Waals surface area (Å²) in [5.41, 5.74) is 0.283. The second-order valence-electron chi connectivity index (χ2n) is 15.6. The minimum absolute atomic E-state index is 0.0251. The fourth-order valence-corrected chi connectivity index (χ4v) is 12.2. The number of rotatable bonds is 5. The lowest BCUT2D eigenvalue weighted by molar-refractivity contribution is -0.257. The standard InChI is InChI=1S/C34H52O6/c1-20(2)23-11-16-34(29(37)38)18-17-32(7)24(28(23)34)9-10-26-30(5)14-13-27(40-22(4)36)31(6,19-39-21(3)35)25(30)12-15-33(26,32)8/h23-28H,1,9-19H2,2-8H3,(H,37,38)/t23-,24?,25?,26?,27-,28?,30-,31-,32+,33+,34-/m0/s1. The maximum absolute atomic E-state index is 12.9. The molecule has 5 fully saturated rings. The Kier molecular flexibility index (Phi) is 7.11. The Balaban J connectivity index is 1.53. The van der Waals surface area contributed by atoms with Crippen molar-refractivity contribution in [2.45, 2.75) is 119 Å². The van der Waals surface area contributed by atoms with Gasteiger partial charge in [-0.05, 0) is 117 Å². The van der Waals surface area contributed by atoms with Gasteiger partial charge in [0.15, 0.2) is 0 Å². The number of aliphatic carboxylic acids is 1. The van der Waals surface area contributed by atoms with Gasteiger partial charge < -0.3 is 14.6 Å². The molecular formula is C34H52O6. The van der Waals surface area contributed by atoms with Crippen LogP contribution in [0.25, 0.3) is 0 Å². The van der Waals surface area contributed by atoms with Gasteiger partial charge in [-0.2, -0.15) is 0 Å². The van der Waals surface area contributed by atoms with E-state index in [1.807, 2.05) is 0 Å². The molecule has 6 heteroatoms. The lowest BCUT2D eigenvalue weighted by Crippen LogP contribution is -2.68. The largest absolute Gasteiger partial charge is 0.481 e. The van der Waals surface area contributed by atoms with E-state index < -0.39 is 16.8 Å². The lowest BCUT2D eigenvalue weighted by Gasteiger charge is -2.72. The number of fused-ring (bicyclic) bond motifs is 7. The van der Waals surface area contributed by atoms with Crippen molar-refractivity contribution in [2.24, 2.45) is 56.7 Å². The summed E-state index contributed by atoms with van der Waals surface area (Å²) in [7, 11) is 0. The topological polar surface area (TPSA) is 89.9 Å². The Morgan fingerprint density at radius 2 is 1.50 bits per heavy atom. The predicted octanol–water partition coefficient (Wildman–Crippen LogP) is 7.20. The first-order valence-corrected chi connectivity index (χ1v) is 15.8. The zero-order chi connectivity index (χ0) is 29.5. The van der Waals surface area contributed by atoms with E-state index in [0.717, 1.165) is 69.8 Å². The second kappa shape index (κ2) is 9.59. The van der Waals surface area contributed by atoms with Gasteiger partial charge in [0.1, 0.15) is 12.7 Å². The fraction of sp³-hybridized carbons (Fsp3) is 0.853. The quantitative estimate of drug-likeness (QED) is 0.284. The molecule has 11 atom stereocenters. The van der Waals surface area contributed by atoms with Gasteiger partial charge in [0, 0.05) is 19.3 Å².